The van der Waals surface area contributed by atoms with E-state index in [1.807, 2.05) is 12.1 Å². The highest BCUT2D eigenvalue weighted by Crippen LogP contribution is 2.25. The Kier molecular flexibility index (Phi) is 5.62. The largest absolute Gasteiger partial charge is 0.379 e. The molecule has 2 amide bonds. The summed E-state index contributed by atoms with van der Waals surface area (Å²) in [6, 6.07) is 6.02. The minimum atomic E-state index is -0.172. The lowest BCUT2D eigenvalue weighted by Gasteiger charge is -2.34. The Balaban J connectivity index is 1.52. The molecule has 1 atom stereocenters. The molecule has 1 aliphatic rings. The van der Waals surface area contributed by atoms with Crippen molar-refractivity contribution in [2.75, 3.05) is 32.8 Å². The topological polar surface area (TPSA) is 82.3 Å². The molecule has 1 fully saturated rings. The van der Waals surface area contributed by atoms with E-state index in [1.54, 1.807) is 17.5 Å². The number of H-pyrrole nitrogens is 1. The van der Waals surface area contributed by atoms with Crippen LogP contribution in [0.5, 0.6) is 0 Å². The minimum absolute atomic E-state index is 0.172. The van der Waals surface area contributed by atoms with Crippen LogP contribution in [0.3, 0.4) is 0 Å². The van der Waals surface area contributed by atoms with Crippen molar-refractivity contribution in [2.45, 2.75) is 12.6 Å². The molecule has 0 spiro atoms. The number of aromatic nitrogens is 2. The number of hydrogen-bond donors (Lipinski definition) is 3. The van der Waals surface area contributed by atoms with Crippen molar-refractivity contribution in [1.82, 2.24) is 25.7 Å². The Labute approximate surface area is 139 Å². The molecule has 7 nitrogen and oxygen atoms in total. The third-order valence-corrected chi connectivity index (χ3v) is 4.79. The molecule has 3 N–H and O–H groups in total. The molecule has 8 heteroatoms. The van der Waals surface area contributed by atoms with Gasteiger partial charge in [-0.1, -0.05) is 6.07 Å². The van der Waals surface area contributed by atoms with Gasteiger partial charge in [-0.2, -0.15) is 5.10 Å². The Hall–Kier alpha value is -1.90. The van der Waals surface area contributed by atoms with Crippen molar-refractivity contribution in [3.05, 3.63) is 40.3 Å². The van der Waals surface area contributed by atoms with Gasteiger partial charge in [0.25, 0.3) is 0 Å². The van der Waals surface area contributed by atoms with Crippen molar-refractivity contribution < 1.29 is 9.53 Å². The van der Waals surface area contributed by atoms with Gasteiger partial charge in [0.2, 0.25) is 0 Å². The SMILES string of the molecule is O=C(NCc1ccn[nH]1)NCC(c1cccs1)N1CCOCC1. The Bertz CT molecular complexity index is 581. The number of carbonyl (C=O) groups excluding carboxylic acids is 1. The lowest BCUT2D eigenvalue weighted by atomic mass is 10.2. The summed E-state index contributed by atoms with van der Waals surface area (Å²) in [6.07, 6.45) is 1.67. The quantitative estimate of drug-likeness (QED) is 0.744. The average molecular weight is 335 g/mol. The monoisotopic (exact) mass is 335 g/mol. The smallest absolute Gasteiger partial charge is 0.315 e. The van der Waals surface area contributed by atoms with Crippen LogP contribution in [0.25, 0.3) is 0 Å². The molecule has 1 saturated heterocycles. The predicted octanol–water partition coefficient (Wildman–Crippen LogP) is 1.34. The molecule has 3 rings (SSSR count). The van der Waals surface area contributed by atoms with Crippen molar-refractivity contribution in [1.29, 1.82) is 0 Å². The number of rotatable bonds is 6. The van der Waals surface area contributed by atoms with Crippen molar-refractivity contribution in [3.63, 3.8) is 0 Å². The zero-order valence-corrected chi connectivity index (χ0v) is 13.6. The second-order valence-corrected chi connectivity index (χ2v) is 6.30. The molecule has 0 bridgehead atoms. The normalized spacial score (nSPS) is 16.9. The molecule has 3 heterocycles. The van der Waals surface area contributed by atoms with E-state index in [0.29, 0.717) is 13.1 Å². The van der Waals surface area contributed by atoms with Gasteiger partial charge in [0.05, 0.1) is 31.5 Å². The summed E-state index contributed by atoms with van der Waals surface area (Å²) >= 11 is 1.72. The first-order valence-electron chi connectivity index (χ1n) is 7.68. The van der Waals surface area contributed by atoms with Crippen LogP contribution in [0.4, 0.5) is 4.79 Å². The van der Waals surface area contributed by atoms with E-state index < -0.39 is 0 Å². The molecular weight excluding hydrogens is 314 g/mol. The van der Waals surface area contributed by atoms with Crippen LogP contribution < -0.4 is 10.6 Å². The van der Waals surface area contributed by atoms with Gasteiger partial charge < -0.3 is 15.4 Å². The van der Waals surface area contributed by atoms with Crippen molar-refractivity contribution in [2.24, 2.45) is 0 Å². The fourth-order valence-corrected chi connectivity index (χ4v) is 3.45. The van der Waals surface area contributed by atoms with E-state index in [-0.39, 0.29) is 12.1 Å². The summed E-state index contributed by atoms with van der Waals surface area (Å²) in [7, 11) is 0. The maximum atomic E-state index is 12.0. The summed E-state index contributed by atoms with van der Waals surface area (Å²) in [5, 5.41) is 14.5. The maximum absolute atomic E-state index is 12.0. The van der Waals surface area contributed by atoms with Crippen LogP contribution in [0, 0.1) is 0 Å². The van der Waals surface area contributed by atoms with E-state index in [0.717, 1.165) is 32.0 Å². The number of nitrogens with zero attached hydrogens (tertiary/aromatic N) is 2. The minimum Gasteiger partial charge on any atom is -0.379 e. The first-order valence-corrected chi connectivity index (χ1v) is 8.56. The molecule has 0 saturated carbocycles. The fraction of sp³-hybridized carbons (Fsp3) is 0.467. The van der Waals surface area contributed by atoms with Crippen LogP contribution in [-0.4, -0.2) is 54.0 Å². The standard InChI is InChI=1S/C15H21N5O2S/c21-15(16-10-12-3-4-18-19-12)17-11-13(14-2-1-9-23-14)20-5-7-22-8-6-20/h1-4,9,13H,5-8,10-11H2,(H,18,19)(H2,16,17,21). The van der Waals surface area contributed by atoms with Gasteiger partial charge in [-0.05, 0) is 17.5 Å². The van der Waals surface area contributed by atoms with Crippen molar-refractivity contribution in [3.8, 4) is 0 Å². The van der Waals surface area contributed by atoms with Gasteiger partial charge in [-0.25, -0.2) is 4.79 Å². The van der Waals surface area contributed by atoms with E-state index in [1.165, 1.54) is 4.88 Å². The zero-order chi connectivity index (χ0) is 15.9. The lowest BCUT2D eigenvalue weighted by molar-refractivity contribution is 0.0174. The number of urea groups is 1. The molecule has 1 unspecified atom stereocenters. The Morgan fingerprint density at radius 2 is 2.26 bits per heavy atom. The van der Waals surface area contributed by atoms with E-state index >= 15 is 0 Å². The summed E-state index contributed by atoms with van der Waals surface area (Å²) < 4.78 is 5.43. The van der Waals surface area contributed by atoms with Crippen LogP contribution in [0.15, 0.2) is 29.8 Å². The number of aromatic amines is 1. The number of carbonyl (C=O) groups is 1. The summed E-state index contributed by atoms with van der Waals surface area (Å²) in [5.74, 6) is 0. The van der Waals surface area contributed by atoms with E-state index in [9.17, 15) is 4.79 Å². The van der Waals surface area contributed by atoms with Gasteiger partial charge in [0.1, 0.15) is 0 Å². The fourth-order valence-electron chi connectivity index (χ4n) is 2.59. The molecule has 23 heavy (non-hydrogen) atoms. The highest BCUT2D eigenvalue weighted by Gasteiger charge is 2.23. The number of amides is 2. The van der Waals surface area contributed by atoms with Crippen LogP contribution in [0.1, 0.15) is 16.6 Å². The number of thiophene rings is 1. The van der Waals surface area contributed by atoms with Crippen LogP contribution >= 0.6 is 11.3 Å². The lowest BCUT2D eigenvalue weighted by Crippen LogP contribution is -2.45. The third kappa shape index (κ3) is 4.54. The predicted molar refractivity (Wildman–Crippen MR) is 88.3 cm³/mol. The second-order valence-electron chi connectivity index (χ2n) is 5.33. The summed E-state index contributed by atoms with van der Waals surface area (Å²) in [6.45, 7) is 4.28. The van der Waals surface area contributed by atoms with Gasteiger partial charge in [0.15, 0.2) is 0 Å². The number of ether oxygens (including phenoxy) is 1. The summed E-state index contributed by atoms with van der Waals surface area (Å²) in [5.41, 5.74) is 0.878. The summed E-state index contributed by atoms with van der Waals surface area (Å²) in [4.78, 5) is 15.6. The van der Waals surface area contributed by atoms with Gasteiger partial charge in [-0.15, -0.1) is 11.3 Å². The van der Waals surface area contributed by atoms with Gasteiger partial charge in [0, 0.05) is 30.7 Å². The molecule has 0 aromatic carbocycles. The zero-order valence-electron chi connectivity index (χ0n) is 12.8. The molecule has 0 radical (unpaired) electrons. The Morgan fingerprint density at radius 1 is 1.39 bits per heavy atom. The van der Waals surface area contributed by atoms with Gasteiger partial charge in [-0.3, -0.25) is 10.00 Å². The molecule has 1 aliphatic heterocycles. The van der Waals surface area contributed by atoms with Crippen molar-refractivity contribution >= 4 is 17.4 Å². The van der Waals surface area contributed by atoms with E-state index in [2.05, 4.69) is 37.2 Å². The van der Waals surface area contributed by atoms with Crippen LogP contribution in [0.2, 0.25) is 0 Å². The second kappa shape index (κ2) is 8.09. The Morgan fingerprint density at radius 3 is 2.96 bits per heavy atom. The first-order chi connectivity index (χ1) is 11.3. The average Bonchev–Trinajstić information content (AvgIpc) is 3.28. The highest BCUT2D eigenvalue weighted by molar-refractivity contribution is 7.10. The molecule has 2 aromatic rings. The number of hydrogen-bond acceptors (Lipinski definition) is 5. The molecule has 124 valence electrons. The molecule has 2 aromatic heterocycles. The first kappa shape index (κ1) is 16.0. The molecule has 0 aliphatic carbocycles. The highest BCUT2D eigenvalue weighted by atomic mass is 32.1. The number of morpholine rings is 1. The maximum Gasteiger partial charge on any atom is 0.315 e. The van der Waals surface area contributed by atoms with E-state index in [4.69, 9.17) is 4.74 Å². The third-order valence-electron chi connectivity index (χ3n) is 3.81. The van der Waals surface area contributed by atoms with Crippen LogP contribution in [-0.2, 0) is 11.3 Å². The molecular formula is C15H21N5O2S. The van der Waals surface area contributed by atoms with Gasteiger partial charge >= 0.3 is 6.03 Å². The number of nitrogens with one attached hydrogen (secondary N) is 3.